The van der Waals surface area contributed by atoms with Crippen LogP contribution in [0.1, 0.15) is 31.9 Å². The molecule has 0 spiro atoms. The highest BCUT2D eigenvalue weighted by Gasteiger charge is 2.07. The van der Waals surface area contributed by atoms with Crippen molar-refractivity contribution in [2.75, 3.05) is 40.1 Å². The van der Waals surface area contributed by atoms with Crippen molar-refractivity contribution >= 4 is 12.1 Å². The maximum atomic E-state index is 12.0. The van der Waals surface area contributed by atoms with Crippen molar-refractivity contribution < 1.29 is 28.6 Å². The average Bonchev–Trinajstić information content (AvgIpc) is 2.79. The van der Waals surface area contributed by atoms with E-state index in [0.717, 1.165) is 16.9 Å². The number of ether oxygens (including phenoxy) is 4. The molecule has 0 aromatic heterocycles. The van der Waals surface area contributed by atoms with E-state index in [9.17, 15) is 4.79 Å². The Labute approximate surface area is 189 Å². The molecule has 2 rings (SSSR count). The summed E-state index contributed by atoms with van der Waals surface area (Å²) < 4.78 is 22.0. The SMILES string of the molecule is CCOc1ccc(/C=N/OCC(=O)NCCc2ccc(OCC)c(OCC)c2)cc1OC. The van der Waals surface area contributed by atoms with Crippen molar-refractivity contribution in [3.05, 3.63) is 47.5 Å². The molecule has 8 heteroatoms. The van der Waals surface area contributed by atoms with Crippen LogP contribution in [0, 0.1) is 0 Å². The minimum atomic E-state index is -0.248. The van der Waals surface area contributed by atoms with Crippen LogP contribution in [0.3, 0.4) is 0 Å². The van der Waals surface area contributed by atoms with E-state index in [2.05, 4.69) is 10.5 Å². The first-order valence-electron chi connectivity index (χ1n) is 10.7. The van der Waals surface area contributed by atoms with E-state index >= 15 is 0 Å². The Morgan fingerprint density at radius 3 is 2.25 bits per heavy atom. The molecule has 1 N–H and O–H groups in total. The number of carbonyl (C=O) groups is 1. The predicted molar refractivity (Wildman–Crippen MR) is 123 cm³/mol. The number of amides is 1. The highest BCUT2D eigenvalue weighted by molar-refractivity contribution is 5.81. The number of rotatable bonds is 14. The van der Waals surface area contributed by atoms with Crippen molar-refractivity contribution in [3.63, 3.8) is 0 Å². The van der Waals surface area contributed by atoms with Crippen LogP contribution in [0.25, 0.3) is 0 Å². The molecule has 0 unspecified atom stereocenters. The fraction of sp³-hybridized carbons (Fsp3) is 0.417. The van der Waals surface area contributed by atoms with Gasteiger partial charge in [0.1, 0.15) is 0 Å². The first-order valence-corrected chi connectivity index (χ1v) is 10.7. The third-order valence-electron chi connectivity index (χ3n) is 4.30. The molecule has 8 nitrogen and oxygen atoms in total. The summed E-state index contributed by atoms with van der Waals surface area (Å²) in [5.41, 5.74) is 1.81. The van der Waals surface area contributed by atoms with Gasteiger partial charge in [0.25, 0.3) is 5.91 Å². The lowest BCUT2D eigenvalue weighted by atomic mass is 10.1. The smallest absolute Gasteiger partial charge is 0.260 e. The maximum Gasteiger partial charge on any atom is 0.260 e. The van der Waals surface area contributed by atoms with E-state index in [1.54, 1.807) is 19.2 Å². The summed E-state index contributed by atoms with van der Waals surface area (Å²) in [5.74, 6) is 2.45. The van der Waals surface area contributed by atoms with Gasteiger partial charge in [-0.3, -0.25) is 4.79 Å². The molecule has 2 aromatic rings. The lowest BCUT2D eigenvalue weighted by molar-refractivity contribution is -0.125. The number of benzene rings is 2. The number of nitrogens with zero attached hydrogens (tertiary/aromatic N) is 1. The van der Waals surface area contributed by atoms with Gasteiger partial charge in [0.15, 0.2) is 29.6 Å². The van der Waals surface area contributed by atoms with Crippen LogP contribution >= 0.6 is 0 Å². The number of carbonyl (C=O) groups excluding carboxylic acids is 1. The van der Waals surface area contributed by atoms with E-state index in [-0.39, 0.29) is 12.5 Å². The van der Waals surface area contributed by atoms with E-state index in [0.29, 0.717) is 50.0 Å². The zero-order valence-corrected chi connectivity index (χ0v) is 19.2. The minimum absolute atomic E-state index is 0.169. The Kier molecular flexibility index (Phi) is 10.7. The fourth-order valence-corrected chi connectivity index (χ4v) is 2.88. The molecule has 0 heterocycles. The van der Waals surface area contributed by atoms with E-state index in [1.165, 1.54) is 6.21 Å². The van der Waals surface area contributed by atoms with E-state index in [1.807, 2.05) is 45.0 Å². The van der Waals surface area contributed by atoms with Gasteiger partial charge in [-0.2, -0.15) is 0 Å². The second-order valence-corrected chi connectivity index (χ2v) is 6.60. The standard InChI is InChI=1S/C24H32N2O6/c1-5-29-20-11-9-19(15-22(20)28-4)16-26-32-17-24(27)25-13-12-18-8-10-21(30-6-2)23(14-18)31-7-3/h8-11,14-16H,5-7,12-13,17H2,1-4H3,(H,25,27)/b26-16+. The van der Waals surface area contributed by atoms with Gasteiger partial charge in [-0.1, -0.05) is 11.2 Å². The average molecular weight is 445 g/mol. The summed E-state index contributed by atoms with van der Waals surface area (Å²) in [7, 11) is 1.57. The third-order valence-corrected chi connectivity index (χ3v) is 4.30. The zero-order valence-electron chi connectivity index (χ0n) is 19.2. The topological polar surface area (TPSA) is 87.6 Å². The number of hydrogen-bond donors (Lipinski definition) is 1. The first kappa shape index (κ1) is 24.8. The lowest BCUT2D eigenvalue weighted by Crippen LogP contribution is -2.28. The van der Waals surface area contributed by atoms with Crippen LogP contribution in [0.4, 0.5) is 0 Å². The van der Waals surface area contributed by atoms with Crippen LogP contribution in [0.2, 0.25) is 0 Å². The van der Waals surface area contributed by atoms with Crippen LogP contribution in [-0.2, 0) is 16.1 Å². The number of nitrogens with one attached hydrogen (secondary N) is 1. The van der Waals surface area contributed by atoms with Crippen molar-refractivity contribution in [1.29, 1.82) is 0 Å². The predicted octanol–water partition coefficient (Wildman–Crippen LogP) is 3.60. The van der Waals surface area contributed by atoms with E-state index in [4.69, 9.17) is 23.8 Å². The number of hydrogen-bond acceptors (Lipinski definition) is 7. The molecule has 0 radical (unpaired) electrons. The first-order chi connectivity index (χ1) is 15.6. The summed E-state index contributed by atoms with van der Waals surface area (Å²) in [6.07, 6.45) is 2.17. The largest absolute Gasteiger partial charge is 0.493 e. The Hall–Kier alpha value is -3.42. The summed E-state index contributed by atoms with van der Waals surface area (Å²) in [6, 6.07) is 11.2. The summed E-state index contributed by atoms with van der Waals surface area (Å²) >= 11 is 0. The third kappa shape index (κ3) is 8.02. The molecule has 0 aliphatic carbocycles. The van der Waals surface area contributed by atoms with Gasteiger partial charge in [-0.15, -0.1) is 0 Å². The Morgan fingerprint density at radius 1 is 0.906 bits per heavy atom. The van der Waals surface area contributed by atoms with E-state index < -0.39 is 0 Å². The van der Waals surface area contributed by atoms with Crippen LogP contribution in [0.5, 0.6) is 23.0 Å². The molecular weight excluding hydrogens is 412 g/mol. The molecule has 0 saturated carbocycles. The normalized spacial score (nSPS) is 10.6. The minimum Gasteiger partial charge on any atom is -0.493 e. The highest BCUT2D eigenvalue weighted by Crippen LogP contribution is 2.29. The quantitative estimate of drug-likeness (QED) is 0.354. The van der Waals surface area contributed by atoms with Crippen LogP contribution in [-0.4, -0.2) is 52.2 Å². The van der Waals surface area contributed by atoms with Crippen molar-refractivity contribution in [3.8, 4) is 23.0 Å². The Bertz CT molecular complexity index is 885. The molecule has 0 saturated heterocycles. The molecule has 1 amide bonds. The van der Waals surface area contributed by atoms with Crippen molar-refractivity contribution in [2.24, 2.45) is 5.16 Å². The van der Waals surface area contributed by atoms with Gasteiger partial charge in [0, 0.05) is 12.1 Å². The van der Waals surface area contributed by atoms with Gasteiger partial charge in [-0.05, 0) is 63.1 Å². The van der Waals surface area contributed by atoms with Crippen LogP contribution in [0.15, 0.2) is 41.6 Å². The van der Waals surface area contributed by atoms with Gasteiger partial charge >= 0.3 is 0 Å². The summed E-state index contributed by atoms with van der Waals surface area (Å²) in [4.78, 5) is 17.1. The molecule has 174 valence electrons. The number of oxime groups is 1. The maximum absolute atomic E-state index is 12.0. The van der Waals surface area contributed by atoms with Crippen molar-refractivity contribution in [2.45, 2.75) is 27.2 Å². The molecule has 0 fully saturated rings. The molecule has 0 aliphatic rings. The van der Waals surface area contributed by atoms with Gasteiger partial charge in [0.05, 0.1) is 33.1 Å². The molecule has 32 heavy (non-hydrogen) atoms. The summed E-state index contributed by atoms with van der Waals surface area (Å²) in [5, 5.41) is 6.66. The Morgan fingerprint density at radius 2 is 1.56 bits per heavy atom. The molecule has 2 aromatic carbocycles. The monoisotopic (exact) mass is 444 g/mol. The molecular formula is C24H32N2O6. The van der Waals surface area contributed by atoms with Gasteiger partial charge < -0.3 is 29.1 Å². The second-order valence-electron chi connectivity index (χ2n) is 6.60. The summed E-state index contributed by atoms with van der Waals surface area (Å²) in [6.45, 7) is 7.75. The highest BCUT2D eigenvalue weighted by atomic mass is 16.6. The number of methoxy groups -OCH3 is 1. The molecule has 0 atom stereocenters. The zero-order chi connectivity index (χ0) is 23.2. The fourth-order valence-electron chi connectivity index (χ4n) is 2.88. The van der Waals surface area contributed by atoms with Crippen molar-refractivity contribution in [1.82, 2.24) is 5.32 Å². The van der Waals surface area contributed by atoms with Gasteiger partial charge in [0.2, 0.25) is 0 Å². The van der Waals surface area contributed by atoms with Crippen LogP contribution < -0.4 is 24.3 Å². The second kappa shape index (κ2) is 13.8. The lowest BCUT2D eigenvalue weighted by Gasteiger charge is -2.12. The Balaban J connectivity index is 1.76. The molecule has 0 bridgehead atoms. The van der Waals surface area contributed by atoms with Gasteiger partial charge in [-0.25, -0.2) is 0 Å². The molecule has 0 aliphatic heterocycles.